The summed E-state index contributed by atoms with van der Waals surface area (Å²) in [5.41, 5.74) is 3.16. The van der Waals surface area contributed by atoms with Gasteiger partial charge in [0.2, 0.25) is 11.8 Å². The van der Waals surface area contributed by atoms with Crippen LogP contribution in [0.3, 0.4) is 0 Å². The number of hydrogen-bond acceptors (Lipinski definition) is 3. The Kier molecular flexibility index (Phi) is 6.59. The molecular formula is C23H27ClN2O2S. The number of nitrogens with one attached hydrogen (secondary N) is 1. The third kappa shape index (κ3) is 4.62. The van der Waals surface area contributed by atoms with Gasteiger partial charge in [-0.05, 0) is 49.1 Å². The van der Waals surface area contributed by atoms with Crippen molar-refractivity contribution in [2.75, 3.05) is 21.8 Å². The first-order valence-electron chi connectivity index (χ1n) is 9.74. The van der Waals surface area contributed by atoms with E-state index in [1.165, 1.54) is 0 Å². The fraction of sp³-hybridized carbons (Fsp3) is 0.391. The van der Waals surface area contributed by atoms with Crippen LogP contribution in [0.5, 0.6) is 0 Å². The Balaban J connectivity index is 1.92. The highest BCUT2D eigenvalue weighted by Gasteiger charge is 2.35. The molecule has 154 valence electrons. The summed E-state index contributed by atoms with van der Waals surface area (Å²) in [4.78, 5) is 27.2. The van der Waals surface area contributed by atoms with Gasteiger partial charge in [0.05, 0.1) is 11.2 Å². The van der Waals surface area contributed by atoms with Crippen molar-refractivity contribution in [3.63, 3.8) is 0 Å². The van der Waals surface area contributed by atoms with Gasteiger partial charge in [0, 0.05) is 17.3 Å². The lowest BCUT2D eigenvalue weighted by atomic mass is 9.95. The molecule has 3 rings (SSSR count). The number of amides is 2. The molecule has 2 amide bonds. The summed E-state index contributed by atoms with van der Waals surface area (Å²) in [5.74, 6) is 0.972. The maximum absolute atomic E-state index is 12.8. The standard InChI is InChI=1S/C23H27ClN2O2S/c1-15(2)18-10-5-6-11-19(18)26-20(27)13-29-21(26)16-8-7-9-17(12-16)25-22(28)23(3,4)14-24/h5-12,15,21H,13-14H2,1-4H3,(H,25,28)/t21-/m0/s1. The van der Waals surface area contributed by atoms with Crippen molar-refractivity contribution in [1.82, 2.24) is 0 Å². The lowest BCUT2D eigenvalue weighted by Crippen LogP contribution is -2.32. The van der Waals surface area contributed by atoms with E-state index in [0.29, 0.717) is 17.4 Å². The van der Waals surface area contributed by atoms with Crippen LogP contribution in [0, 0.1) is 5.41 Å². The minimum Gasteiger partial charge on any atom is -0.326 e. The quantitative estimate of drug-likeness (QED) is 0.590. The Morgan fingerprint density at radius 3 is 2.66 bits per heavy atom. The molecule has 29 heavy (non-hydrogen) atoms. The number of rotatable bonds is 6. The minimum absolute atomic E-state index is 0.103. The summed E-state index contributed by atoms with van der Waals surface area (Å²) >= 11 is 7.53. The fourth-order valence-electron chi connectivity index (χ4n) is 3.26. The molecule has 2 aromatic carbocycles. The zero-order valence-electron chi connectivity index (χ0n) is 17.2. The molecule has 1 heterocycles. The van der Waals surface area contributed by atoms with E-state index in [9.17, 15) is 9.59 Å². The van der Waals surface area contributed by atoms with Crippen molar-refractivity contribution < 1.29 is 9.59 Å². The van der Waals surface area contributed by atoms with Gasteiger partial charge in [-0.15, -0.1) is 23.4 Å². The van der Waals surface area contributed by atoms with E-state index in [4.69, 9.17) is 11.6 Å². The first-order chi connectivity index (χ1) is 13.7. The van der Waals surface area contributed by atoms with E-state index in [1.54, 1.807) is 11.8 Å². The van der Waals surface area contributed by atoms with Crippen molar-refractivity contribution in [2.24, 2.45) is 5.41 Å². The molecular weight excluding hydrogens is 404 g/mol. The van der Waals surface area contributed by atoms with Gasteiger partial charge in [-0.1, -0.05) is 44.2 Å². The molecule has 1 aliphatic heterocycles. The third-order valence-corrected chi connectivity index (χ3v) is 6.95. The summed E-state index contributed by atoms with van der Waals surface area (Å²) < 4.78 is 0. The van der Waals surface area contributed by atoms with Crippen LogP contribution in [0.1, 0.15) is 50.1 Å². The molecule has 0 saturated carbocycles. The Labute approximate surface area is 182 Å². The predicted octanol–water partition coefficient (Wildman–Crippen LogP) is 5.79. The normalized spacial score (nSPS) is 17.1. The molecule has 4 nitrogen and oxygen atoms in total. The second-order valence-electron chi connectivity index (χ2n) is 8.24. The number of halogens is 1. The Morgan fingerprint density at radius 1 is 1.24 bits per heavy atom. The summed E-state index contributed by atoms with van der Waals surface area (Å²) in [6.45, 7) is 7.90. The van der Waals surface area contributed by atoms with Crippen LogP contribution in [-0.4, -0.2) is 23.4 Å². The van der Waals surface area contributed by atoms with Crippen molar-refractivity contribution in [1.29, 1.82) is 0 Å². The molecule has 0 unspecified atom stereocenters. The van der Waals surface area contributed by atoms with Gasteiger partial charge in [-0.25, -0.2) is 0 Å². The van der Waals surface area contributed by atoms with Gasteiger partial charge in [0.15, 0.2) is 0 Å². The molecule has 1 fully saturated rings. The van der Waals surface area contributed by atoms with Crippen LogP contribution in [0.4, 0.5) is 11.4 Å². The number of carbonyl (C=O) groups is 2. The van der Waals surface area contributed by atoms with Crippen LogP contribution in [0.25, 0.3) is 0 Å². The summed E-state index contributed by atoms with van der Waals surface area (Å²) in [6.07, 6.45) is 0. The van der Waals surface area contributed by atoms with E-state index < -0.39 is 5.41 Å². The lowest BCUT2D eigenvalue weighted by molar-refractivity contribution is -0.123. The van der Waals surface area contributed by atoms with Gasteiger partial charge in [0.1, 0.15) is 5.37 Å². The van der Waals surface area contributed by atoms with Crippen LogP contribution in [0.2, 0.25) is 0 Å². The second kappa shape index (κ2) is 8.80. The molecule has 1 atom stereocenters. The maximum Gasteiger partial charge on any atom is 0.238 e. The van der Waals surface area contributed by atoms with Gasteiger partial charge in [-0.3, -0.25) is 14.5 Å². The SMILES string of the molecule is CC(C)c1ccccc1N1C(=O)CS[C@H]1c1cccc(NC(=O)C(C)(C)CCl)c1. The Morgan fingerprint density at radius 2 is 1.97 bits per heavy atom. The number of thioether (sulfide) groups is 1. The molecule has 2 aromatic rings. The lowest BCUT2D eigenvalue weighted by Gasteiger charge is -2.28. The molecule has 1 saturated heterocycles. The largest absolute Gasteiger partial charge is 0.326 e. The molecule has 0 aliphatic carbocycles. The Hall–Kier alpha value is -1.98. The summed E-state index contributed by atoms with van der Waals surface area (Å²) in [6, 6.07) is 15.8. The topological polar surface area (TPSA) is 49.4 Å². The van der Waals surface area contributed by atoms with Crippen molar-refractivity contribution in [2.45, 2.75) is 39.0 Å². The van der Waals surface area contributed by atoms with Gasteiger partial charge in [-0.2, -0.15) is 0 Å². The minimum atomic E-state index is -0.655. The van der Waals surface area contributed by atoms with Crippen molar-refractivity contribution in [3.05, 3.63) is 59.7 Å². The summed E-state index contributed by atoms with van der Waals surface area (Å²) in [7, 11) is 0. The average Bonchev–Trinajstić information content (AvgIpc) is 3.09. The van der Waals surface area contributed by atoms with E-state index in [1.807, 2.05) is 61.2 Å². The van der Waals surface area contributed by atoms with Gasteiger partial charge in [0.25, 0.3) is 0 Å². The predicted molar refractivity (Wildman–Crippen MR) is 123 cm³/mol. The number of alkyl halides is 1. The highest BCUT2D eigenvalue weighted by atomic mass is 35.5. The zero-order valence-corrected chi connectivity index (χ0v) is 18.8. The molecule has 0 bridgehead atoms. The molecule has 1 N–H and O–H groups in total. The van der Waals surface area contributed by atoms with E-state index in [0.717, 1.165) is 16.8 Å². The van der Waals surface area contributed by atoms with Crippen LogP contribution in [-0.2, 0) is 9.59 Å². The monoisotopic (exact) mass is 430 g/mol. The maximum atomic E-state index is 12.8. The average molecular weight is 431 g/mol. The highest BCUT2D eigenvalue weighted by Crippen LogP contribution is 2.44. The first kappa shape index (κ1) is 21.7. The zero-order chi connectivity index (χ0) is 21.2. The number of carbonyl (C=O) groups excluding carboxylic acids is 2. The molecule has 6 heteroatoms. The molecule has 0 radical (unpaired) electrons. The smallest absolute Gasteiger partial charge is 0.238 e. The van der Waals surface area contributed by atoms with Gasteiger partial charge >= 0.3 is 0 Å². The number of para-hydroxylation sites is 1. The first-order valence-corrected chi connectivity index (χ1v) is 11.3. The van der Waals surface area contributed by atoms with Crippen LogP contribution < -0.4 is 10.2 Å². The summed E-state index contributed by atoms with van der Waals surface area (Å²) in [5, 5.41) is 2.83. The molecule has 0 aromatic heterocycles. The third-order valence-electron chi connectivity index (χ3n) is 5.06. The van der Waals surface area contributed by atoms with E-state index >= 15 is 0 Å². The van der Waals surface area contributed by atoms with Crippen molar-refractivity contribution in [3.8, 4) is 0 Å². The fourth-order valence-corrected chi connectivity index (χ4v) is 4.54. The van der Waals surface area contributed by atoms with E-state index in [2.05, 4.69) is 25.2 Å². The second-order valence-corrected chi connectivity index (χ2v) is 9.57. The number of anilines is 2. The molecule has 0 spiro atoms. The Bertz CT molecular complexity index is 913. The number of hydrogen-bond donors (Lipinski definition) is 1. The van der Waals surface area contributed by atoms with Crippen LogP contribution >= 0.6 is 23.4 Å². The molecule has 1 aliphatic rings. The van der Waals surface area contributed by atoms with Crippen LogP contribution in [0.15, 0.2) is 48.5 Å². The highest BCUT2D eigenvalue weighted by molar-refractivity contribution is 8.00. The van der Waals surface area contributed by atoms with E-state index in [-0.39, 0.29) is 23.1 Å². The van der Waals surface area contributed by atoms with Gasteiger partial charge < -0.3 is 5.32 Å². The number of benzene rings is 2. The van der Waals surface area contributed by atoms with Crippen molar-refractivity contribution >= 4 is 46.6 Å². The number of nitrogens with zero attached hydrogens (tertiary/aromatic N) is 1.